The largest absolute Gasteiger partial charge is 0.459 e. The number of fused-ring (bicyclic) bond motifs is 1. The molecule has 1 aliphatic rings. The number of benzene rings is 2. The van der Waals surface area contributed by atoms with Gasteiger partial charge in [-0.15, -0.1) is 0 Å². The first kappa shape index (κ1) is 27.9. The summed E-state index contributed by atoms with van der Waals surface area (Å²) >= 11 is 0. The Morgan fingerprint density at radius 1 is 1.11 bits per heavy atom. The van der Waals surface area contributed by atoms with Crippen molar-refractivity contribution in [2.24, 2.45) is 5.92 Å². The van der Waals surface area contributed by atoms with Gasteiger partial charge in [-0.05, 0) is 33.6 Å². The van der Waals surface area contributed by atoms with Crippen molar-refractivity contribution in [3.8, 4) is 0 Å². The van der Waals surface area contributed by atoms with Gasteiger partial charge in [-0.1, -0.05) is 83.1 Å². The highest BCUT2D eigenvalue weighted by atomic mass is 31.2. The average Bonchev–Trinajstić information content (AvgIpc) is 2.79. The Balaban J connectivity index is 1.94. The van der Waals surface area contributed by atoms with Gasteiger partial charge in [0.1, 0.15) is 18.9 Å². The first-order valence-electron chi connectivity index (χ1n) is 12.2. The van der Waals surface area contributed by atoms with Crippen LogP contribution in [0.1, 0.15) is 56.9 Å². The predicted octanol–water partition coefficient (Wildman–Crippen LogP) is 4.67. The molecule has 36 heavy (non-hydrogen) atoms. The van der Waals surface area contributed by atoms with Crippen molar-refractivity contribution in [1.29, 1.82) is 0 Å². The SMILES string of the molecule is CC(C)CN(CP(=O)(O)O)C(=O)N1Cc2cc(C(C)(C)C)ccc2CC1C(=O)OCc1ccccc1. The molecule has 0 aliphatic carbocycles. The minimum absolute atomic E-state index is 0.0199. The standard InChI is InChI=1S/C27H37N2O6P/c1-19(2)15-28(18-36(32,33)34)26(31)29-16-22-13-23(27(3,4)5)12-11-21(22)14-24(29)25(30)35-17-20-9-7-6-8-10-20/h6-13,19,24H,14-18H2,1-5H3,(H2,32,33,34). The van der Waals surface area contributed by atoms with Gasteiger partial charge < -0.3 is 24.3 Å². The maximum absolute atomic E-state index is 13.7. The van der Waals surface area contributed by atoms with Crippen LogP contribution in [0.5, 0.6) is 0 Å². The third-order valence-corrected chi connectivity index (χ3v) is 6.87. The molecule has 2 aromatic rings. The normalized spacial score (nSPS) is 16.0. The summed E-state index contributed by atoms with van der Waals surface area (Å²) in [5, 5.41) is 0. The predicted molar refractivity (Wildman–Crippen MR) is 138 cm³/mol. The molecular formula is C27H37N2O6P. The molecule has 1 heterocycles. The first-order valence-corrected chi connectivity index (χ1v) is 14.0. The highest BCUT2D eigenvalue weighted by molar-refractivity contribution is 7.51. The zero-order valence-electron chi connectivity index (χ0n) is 21.7. The lowest BCUT2D eigenvalue weighted by Crippen LogP contribution is -2.54. The molecule has 0 spiro atoms. The van der Waals surface area contributed by atoms with E-state index in [0.29, 0.717) is 0 Å². The van der Waals surface area contributed by atoms with Gasteiger partial charge in [-0.3, -0.25) is 4.57 Å². The van der Waals surface area contributed by atoms with E-state index in [-0.39, 0.29) is 37.5 Å². The number of carbonyl (C=O) groups is 2. The van der Waals surface area contributed by atoms with Crippen molar-refractivity contribution in [1.82, 2.24) is 9.80 Å². The van der Waals surface area contributed by atoms with E-state index in [9.17, 15) is 23.9 Å². The fourth-order valence-corrected chi connectivity index (χ4v) is 5.01. The van der Waals surface area contributed by atoms with Gasteiger partial charge in [-0.2, -0.15) is 0 Å². The summed E-state index contributed by atoms with van der Waals surface area (Å²) in [4.78, 5) is 48.8. The van der Waals surface area contributed by atoms with Gasteiger partial charge in [-0.25, -0.2) is 9.59 Å². The van der Waals surface area contributed by atoms with Crippen LogP contribution in [-0.4, -0.2) is 50.5 Å². The number of rotatable bonds is 7. The molecule has 0 radical (unpaired) electrons. The Bertz CT molecular complexity index is 1120. The lowest BCUT2D eigenvalue weighted by Gasteiger charge is -2.39. The summed E-state index contributed by atoms with van der Waals surface area (Å²) < 4.78 is 17.4. The number of nitrogens with zero attached hydrogens (tertiary/aromatic N) is 2. The highest BCUT2D eigenvalue weighted by Gasteiger charge is 2.39. The summed E-state index contributed by atoms with van der Waals surface area (Å²) in [5.74, 6) is -0.563. The monoisotopic (exact) mass is 516 g/mol. The fourth-order valence-electron chi connectivity index (χ4n) is 4.33. The molecular weight excluding hydrogens is 479 g/mol. The number of carbonyl (C=O) groups excluding carboxylic acids is 2. The molecule has 2 aromatic carbocycles. The zero-order chi connectivity index (χ0) is 26.7. The van der Waals surface area contributed by atoms with Gasteiger partial charge in [0.05, 0.1) is 0 Å². The summed E-state index contributed by atoms with van der Waals surface area (Å²) in [7, 11) is -4.51. The minimum atomic E-state index is -4.51. The van der Waals surface area contributed by atoms with E-state index in [0.717, 1.165) is 27.2 Å². The van der Waals surface area contributed by atoms with Crippen LogP contribution in [0.3, 0.4) is 0 Å². The summed E-state index contributed by atoms with van der Waals surface area (Å²) in [6.45, 7) is 10.4. The first-order chi connectivity index (χ1) is 16.7. The van der Waals surface area contributed by atoms with Crippen LogP contribution in [0, 0.1) is 5.92 Å². The Morgan fingerprint density at radius 3 is 2.36 bits per heavy atom. The molecule has 1 unspecified atom stereocenters. The number of hydrogen-bond acceptors (Lipinski definition) is 4. The molecule has 1 aliphatic heterocycles. The molecule has 0 saturated heterocycles. The Morgan fingerprint density at radius 2 is 1.78 bits per heavy atom. The quantitative estimate of drug-likeness (QED) is 0.409. The molecule has 196 valence electrons. The highest BCUT2D eigenvalue weighted by Crippen LogP contribution is 2.37. The Kier molecular flexibility index (Phi) is 8.65. The maximum Gasteiger partial charge on any atom is 0.344 e. The molecule has 3 rings (SSSR count). The second kappa shape index (κ2) is 11.2. The lowest BCUT2D eigenvalue weighted by atomic mass is 9.83. The van der Waals surface area contributed by atoms with Crippen molar-refractivity contribution in [3.05, 3.63) is 70.8 Å². The molecule has 2 N–H and O–H groups in total. The van der Waals surface area contributed by atoms with Crippen molar-refractivity contribution in [3.63, 3.8) is 0 Å². The number of hydrogen-bond donors (Lipinski definition) is 2. The Labute approximate surface area is 213 Å². The van der Waals surface area contributed by atoms with E-state index in [1.54, 1.807) is 0 Å². The van der Waals surface area contributed by atoms with Crippen LogP contribution in [-0.2, 0) is 39.1 Å². The summed E-state index contributed by atoms with van der Waals surface area (Å²) in [5.41, 5.74) is 3.72. The van der Waals surface area contributed by atoms with Gasteiger partial charge >= 0.3 is 19.6 Å². The topological polar surface area (TPSA) is 107 Å². The molecule has 0 saturated carbocycles. The van der Waals surface area contributed by atoms with Crippen LogP contribution in [0.15, 0.2) is 48.5 Å². The fraction of sp³-hybridized carbons (Fsp3) is 0.481. The van der Waals surface area contributed by atoms with Crippen molar-refractivity contribution >= 4 is 19.6 Å². The van der Waals surface area contributed by atoms with Crippen molar-refractivity contribution in [2.45, 2.75) is 65.6 Å². The lowest BCUT2D eigenvalue weighted by molar-refractivity contribution is -0.151. The van der Waals surface area contributed by atoms with Crippen molar-refractivity contribution < 1.29 is 28.7 Å². The third-order valence-electron chi connectivity index (χ3n) is 6.16. The van der Waals surface area contributed by atoms with E-state index < -0.39 is 31.9 Å². The van der Waals surface area contributed by atoms with Crippen LogP contribution in [0.2, 0.25) is 0 Å². The van der Waals surface area contributed by atoms with Crippen LogP contribution < -0.4 is 0 Å². The van der Waals surface area contributed by atoms with E-state index in [2.05, 4.69) is 26.8 Å². The van der Waals surface area contributed by atoms with E-state index in [1.807, 2.05) is 56.3 Å². The van der Waals surface area contributed by atoms with Gasteiger partial charge in [0.15, 0.2) is 0 Å². The molecule has 0 fully saturated rings. The number of ether oxygens (including phenoxy) is 1. The molecule has 9 heteroatoms. The zero-order valence-corrected chi connectivity index (χ0v) is 22.6. The third kappa shape index (κ3) is 7.42. The summed E-state index contributed by atoms with van der Waals surface area (Å²) in [6, 6.07) is 13.9. The van der Waals surface area contributed by atoms with Gasteiger partial charge in [0.25, 0.3) is 0 Å². The molecule has 0 aromatic heterocycles. The Hall–Kier alpha value is -2.67. The molecule has 0 bridgehead atoms. The minimum Gasteiger partial charge on any atom is -0.459 e. The van der Waals surface area contributed by atoms with E-state index in [4.69, 9.17) is 4.74 Å². The van der Waals surface area contributed by atoms with Crippen molar-refractivity contribution in [2.75, 3.05) is 12.8 Å². The van der Waals surface area contributed by atoms with E-state index >= 15 is 0 Å². The average molecular weight is 517 g/mol. The number of urea groups is 1. The smallest absolute Gasteiger partial charge is 0.344 e. The van der Waals surface area contributed by atoms with E-state index in [1.165, 1.54) is 4.90 Å². The summed E-state index contributed by atoms with van der Waals surface area (Å²) in [6.07, 6.45) is -0.439. The number of esters is 1. The van der Waals surface area contributed by atoms with Crippen LogP contribution in [0.4, 0.5) is 4.79 Å². The van der Waals surface area contributed by atoms with Crippen LogP contribution >= 0.6 is 7.60 Å². The maximum atomic E-state index is 13.7. The molecule has 2 amide bonds. The second-order valence-corrected chi connectivity index (χ2v) is 12.5. The number of amides is 2. The molecule has 1 atom stereocenters. The molecule has 8 nitrogen and oxygen atoms in total. The van der Waals surface area contributed by atoms with Crippen LogP contribution in [0.25, 0.3) is 0 Å². The second-order valence-electron chi connectivity index (χ2n) is 10.9. The van der Waals surface area contributed by atoms with Gasteiger partial charge in [0, 0.05) is 19.5 Å². The van der Waals surface area contributed by atoms with Gasteiger partial charge in [0.2, 0.25) is 0 Å².